The molecule has 0 saturated heterocycles. The van der Waals surface area contributed by atoms with E-state index in [0.717, 1.165) is 32.1 Å². The van der Waals surface area contributed by atoms with Crippen LogP contribution >= 0.6 is 0 Å². The molecule has 0 spiro atoms. The van der Waals surface area contributed by atoms with Crippen LogP contribution < -0.4 is 0 Å². The first-order valence-electron chi connectivity index (χ1n) is 8.54. The number of rotatable bonds is 6. The number of aliphatic hydroxyl groups is 1. The first kappa shape index (κ1) is 20.9. The van der Waals surface area contributed by atoms with Crippen LogP contribution in [0.25, 0.3) is 0 Å². The number of imide groups is 1. The third kappa shape index (κ3) is 5.41. The van der Waals surface area contributed by atoms with Crippen LogP contribution in [0.2, 0.25) is 0 Å². The van der Waals surface area contributed by atoms with Gasteiger partial charge < -0.3 is 10.0 Å². The lowest BCUT2D eigenvalue weighted by Crippen LogP contribution is -2.45. The summed E-state index contributed by atoms with van der Waals surface area (Å²) in [5.74, 6) is -1.93. The highest BCUT2D eigenvalue weighted by atomic mass is 16.2. The Morgan fingerprint density at radius 3 is 2.08 bits per heavy atom. The maximum atomic E-state index is 12.6. The summed E-state index contributed by atoms with van der Waals surface area (Å²) in [5.41, 5.74) is -1.24. The maximum absolute atomic E-state index is 12.6. The largest absolute Gasteiger partial charge is 0.515 e. The van der Waals surface area contributed by atoms with Crippen LogP contribution in [0.5, 0.6) is 0 Å². The molecule has 25 heavy (non-hydrogen) atoms. The van der Waals surface area contributed by atoms with E-state index in [1.54, 1.807) is 27.8 Å². The molecule has 0 aliphatic heterocycles. The number of carbonyl (C=O) groups excluding carboxylic acids is 4. The second-order valence-electron chi connectivity index (χ2n) is 7.46. The van der Waals surface area contributed by atoms with Crippen LogP contribution in [-0.2, 0) is 19.2 Å². The Kier molecular flexibility index (Phi) is 7.33. The third-order valence-corrected chi connectivity index (χ3v) is 4.57. The lowest BCUT2D eigenvalue weighted by molar-refractivity contribution is -0.143. The Hall–Kier alpha value is -2.18. The zero-order valence-corrected chi connectivity index (χ0v) is 15.4. The summed E-state index contributed by atoms with van der Waals surface area (Å²) >= 11 is 0. The van der Waals surface area contributed by atoms with Gasteiger partial charge in [-0.15, -0.1) is 0 Å². The highest BCUT2D eigenvalue weighted by Crippen LogP contribution is 2.23. The van der Waals surface area contributed by atoms with Gasteiger partial charge in [0.15, 0.2) is 5.78 Å². The average Bonchev–Trinajstić information content (AvgIpc) is 2.58. The predicted molar refractivity (Wildman–Crippen MR) is 92.6 cm³/mol. The minimum Gasteiger partial charge on any atom is -0.515 e. The molecule has 0 aromatic rings. The summed E-state index contributed by atoms with van der Waals surface area (Å²) in [6, 6.07) is 0.00453. The third-order valence-electron chi connectivity index (χ3n) is 4.57. The summed E-state index contributed by atoms with van der Waals surface area (Å²) in [7, 11) is 1.58. The molecule has 7 nitrogen and oxygen atoms in total. The van der Waals surface area contributed by atoms with Crippen molar-refractivity contribution in [1.82, 2.24) is 9.80 Å². The van der Waals surface area contributed by atoms with Crippen LogP contribution in [0, 0.1) is 5.41 Å². The molecule has 140 valence electrons. The van der Waals surface area contributed by atoms with Gasteiger partial charge in [0.1, 0.15) is 5.57 Å². The van der Waals surface area contributed by atoms with Gasteiger partial charge in [0.2, 0.25) is 6.41 Å². The molecule has 1 fully saturated rings. The number of nitrogens with zero attached hydrogens (tertiary/aromatic N) is 2. The fraction of sp³-hybridized carbons (Fsp3) is 0.667. The summed E-state index contributed by atoms with van der Waals surface area (Å²) in [6.45, 7) is 4.58. The molecule has 0 heterocycles. The fourth-order valence-electron chi connectivity index (χ4n) is 2.73. The van der Waals surface area contributed by atoms with E-state index < -0.39 is 29.3 Å². The zero-order chi connectivity index (χ0) is 19.2. The molecule has 1 aliphatic rings. The van der Waals surface area contributed by atoms with Gasteiger partial charge in [-0.25, -0.2) is 0 Å². The molecule has 0 radical (unpaired) electrons. The number of ketones is 1. The minimum absolute atomic E-state index is 0.00453. The Morgan fingerprint density at radius 2 is 1.64 bits per heavy atom. The Bertz CT molecular complexity index is 556. The van der Waals surface area contributed by atoms with Gasteiger partial charge >= 0.3 is 0 Å². The second-order valence-corrected chi connectivity index (χ2v) is 7.46. The lowest BCUT2D eigenvalue weighted by Gasteiger charge is -2.32. The number of hydrogen-bond donors (Lipinski definition) is 1. The molecule has 0 unspecified atom stereocenters. The van der Waals surface area contributed by atoms with Crippen LogP contribution in [0.1, 0.15) is 52.9 Å². The van der Waals surface area contributed by atoms with E-state index in [1.807, 2.05) is 0 Å². The Balaban J connectivity index is 2.88. The molecule has 1 N–H and O–H groups in total. The standard InChI is InChI=1S/C18H28N2O5/c1-18(2,3)15(23)10-20(12-22)17(25)14(11-21)16(24)19(4)13-8-6-5-7-9-13/h11-13,21H,5-10H2,1-4H3. The van der Waals surface area contributed by atoms with Gasteiger partial charge in [0, 0.05) is 18.5 Å². The number of Topliss-reactive ketones (excluding diaryl/α,β-unsaturated/α-hetero) is 1. The van der Waals surface area contributed by atoms with Crippen molar-refractivity contribution < 1.29 is 24.3 Å². The van der Waals surface area contributed by atoms with Gasteiger partial charge in [-0.3, -0.25) is 24.1 Å². The van der Waals surface area contributed by atoms with Crippen molar-refractivity contribution in [2.45, 2.75) is 58.9 Å². The number of aliphatic hydroxyl groups excluding tert-OH is 1. The molecule has 1 aliphatic carbocycles. The molecule has 0 bridgehead atoms. The lowest BCUT2D eigenvalue weighted by atomic mass is 9.90. The summed E-state index contributed by atoms with van der Waals surface area (Å²) < 4.78 is 0. The SMILES string of the molecule is CN(C(=O)C(=CO)C(=O)N(C=O)CC(=O)C(C)(C)C)C1CCCCC1. The minimum atomic E-state index is -0.970. The van der Waals surface area contributed by atoms with E-state index in [0.29, 0.717) is 11.2 Å². The second kappa shape index (κ2) is 8.78. The Labute approximate surface area is 148 Å². The zero-order valence-electron chi connectivity index (χ0n) is 15.4. The molecule has 1 saturated carbocycles. The van der Waals surface area contributed by atoms with Crippen molar-refractivity contribution in [2.75, 3.05) is 13.6 Å². The molecule has 3 amide bonds. The van der Waals surface area contributed by atoms with Gasteiger partial charge in [0.25, 0.3) is 11.8 Å². The molecule has 0 aromatic heterocycles. The van der Waals surface area contributed by atoms with Crippen molar-refractivity contribution >= 4 is 24.0 Å². The van der Waals surface area contributed by atoms with Crippen molar-refractivity contribution in [3.63, 3.8) is 0 Å². The highest BCUT2D eigenvalue weighted by Gasteiger charge is 2.32. The van der Waals surface area contributed by atoms with E-state index in [4.69, 9.17) is 0 Å². The molecule has 7 heteroatoms. The smallest absolute Gasteiger partial charge is 0.269 e. The van der Waals surface area contributed by atoms with E-state index in [9.17, 15) is 24.3 Å². The average molecular weight is 352 g/mol. The van der Waals surface area contributed by atoms with E-state index in [-0.39, 0.29) is 18.2 Å². The molecule has 1 rings (SSSR count). The van der Waals surface area contributed by atoms with Crippen molar-refractivity contribution in [1.29, 1.82) is 0 Å². The quantitative estimate of drug-likeness (QED) is 0.259. The first-order chi connectivity index (χ1) is 11.6. The summed E-state index contributed by atoms with van der Waals surface area (Å²) in [5, 5.41) is 9.39. The number of likely N-dealkylation sites (N-methyl/N-ethyl adjacent to an activating group) is 1. The van der Waals surface area contributed by atoms with E-state index in [1.165, 1.54) is 4.90 Å². The highest BCUT2D eigenvalue weighted by molar-refractivity contribution is 6.20. The first-order valence-corrected chi connectivity index (χ1v) is 8.54. The fourth-order valence-corrected chi connectivity index (χ4v) is 2.73. The number of amides is 3. The van der Waals surface area contributed by atoms with E-state index >= 15 is 0 Å². The molecule has 0 atom stereocenters. The number of carbonyl (C=O) groups is 4. The predicted octanol–water partition coefficient (Wildman–Crippen LogP) is 1.82. The molecule has 0 aromatic carbocycles. The van der Waals surface area contributed by atoms with Crippen molar-refractivity contribution in [2.24, 2.45) is 5.41 Å². The maximum Gasteiger partial charge on any atom is 0.269 e. The Morgan fingerprint density at radius 1 is 1.08 bits per heavy atom. The van der Waals surface area contributed by atoms with Crippen molar-refractivity contribution in [3.8, 4) is 0 Å². The summed E-state index contributed by atoms with van der Waals surface area (Å²) in [6.07, 6.45) is 5.45. The van der Waals surface area contributed by atoms with Crippen LogP contribution in [0.4, 0.5) is 0 Å². The molecular formula is C18H28N2O5. The van der Waals surface area contributed by atoms with Crippen LogP contribution in [-0.4, -0.2) is 58.5 Å². The van der Waals surface area contributed by atoms with Gasteiger partial charge in [-0.2, -0.15) is 0 Å². The van der Waals surface area contributed by atoms with E-state index in [2.05, 4.69) is 0 Å². The molecular weight excluding hydrogens is 324 g/mol. The number of hydrogen-bond acceptors (Lipinski definition) is 5. The van der Waals surface area contributed by atoms with Crippen molar-refractivity contribution in [3.05, 3.63) is 11.8 Å². The summed E-state index contributed by atoms with van der Waals surface area (Å²) in [4.78, 5) is 50.4. The monoisotopic (exact) mass is 352 g/mol. The van der Waals surface area contributed by atoms with Gasteiger partial charge in [0.05, 0.1) is 12.8 Å². The topological polar surface area (TPSA) is 95.0 Å². The van der Waals surface area contributed by atoms with Gasteiger partial charge in [-0.05, 0) is 12.8 Å². The van der Waals surface area contributed by atoms with Crippen LogP contribution in [0.15, 0.2) is 11.8 Å². The van der Waals surface area contributed by atoms with Crippen LogP contribution in [0.3, 0.4) is 0 Å². The normalized spacial score (nSPS) is 16.2. The van der Waals surface area contributed by atoms with Gasteiger partial charge in [-0.1, -0.05) is 40.0 Å².